The summed E-state index contributed by atoms with van der Waals surface area (Å²) in [4.78, 5) is 0. The van der Waals surface area contributed by atoms with E-state index in [1.807, 2.05) is 0 Å². The zero-order chi connectivity index (χ0) is 24.1. The van der Waals surface area contributed by atoms with Crippen LogP contribution in [0.15, 0.2) is 0 Å². The van der Waals surface area contributed by atoms with Gasteiger partial charge in [-0.15, -0.1) is 0 Å². The van der Waals surface area contributed by atoms with Crippen molar-refractivity contribution in [3.8, 4) is 0 Å². The fraction of sp³-hybridized carbons (Fsp3) is 1.00. The third-order valence-corrected chi connectivity index (χ3v) is 11.3. The maximum absolute atomic E-state index is 3.53. The second-order valence-electron chi connectivity index (χ2n) is 13.5. The molecule has 10 unspecified atom stereocenters. The predicted molar refractivity (Wildman–Crippen MR) is 148 cm³/mol. The summed E-state index contributed by atoms with van der Waals surface area (Å²) in [6.45, 7) is 20.2. The van der Waals surface area contributed by atoms with Gasteiger partial charge in [-0.1, -0.05) is 81.1 Å². The second-order valence-corrected chi connectivity index (χ2v) is 13.5. The summed E-state index contributed by atoms with van der Waals surface area (Å²) in [7, 11) is 0. The topological polar surface area (TPSA) is 0 Å². The molecule has 0 aliphatic heterocycles. The first kappa shape index (κ1) is 28.6. The Hall–Kier alpha value is 0.350. The normalized spacial score (nSPS) is 41.5. The van der Waals surface area contributed by atoms with E-state index in [-0.39, 0.29) is 0 Å². The van der Waals surface area contributed by atoms with Crippen molar-refractivity contribution in [2.45, 2.75) is 126 Å². The Morgan fingerprint density at radius 1 is 0.844 bits per heavy atom. The van der Waals surface area contributed by atoms with E-state index >= 15 is 0 Å². The first-order valence-electron chi connectivity index (χ1n) is 14.6. The molecule has 10 atom stereocenters. The minimum absolute atomic E-state index is 0.655. The van der Waals surface area contributed by atoms with E-state index in [0.717, 1.165) is 59.2 Å². The Labute approximate surface area is 209 Å². The monoisotopic (exact) mass is 464 g/mol. The molecule has 0 bridgehead atoms. The molecule has 0 nitrogen and oxygen atoms in total. The lowest BCUT2D eigenvalue weighted by Gasteiger charge is -2.47. The van der Waals surface area contributed by atoms with Gasteiger partial charge in [-0.05, 0) is 116 Å². The Kier molecular flexibility index (Phi) is 11.5. The molecule has 3 saturated carbocycles. The van der Waals surface area contributed by atoms with Crippen LogP contribution in [-0.4, -0.2) is 6.26 Å². The molecule has 0 saturated heterocycles. The van der Waals surface area contributed by atoms with Crippen LogP contribution < -0.4 is 0 Å². The molecule has 3 aliphatic rings. The van der Waals surface area contributed by atoms with Gasteiger partial charge in [0.1, 0.15) is 0 Å². The molecule has 0 spiro atoms. The number of thiol groups is 1. The number of rotatable bonds is 8. The summed E-state index contributed by atoms with van der Waals surface area (Å²) in [6.07, 6.45) is 18.3. The minimum atomic E-state index is 0.655. The van der Waals surface area contributed by atoms with Gasteiger partial charge in [0.25, 0.3) is 0 Å². The highest BCUT2D eigenvalue weighted by molar-refractivity contribution is 7.79. The smallest absolute Gasteiger partial charge is 0.0215 e. The Bertz CT molecular complexity index is 527. The quantitative estimate of drug-likeness (QED) is 0.339. The van der Waals surface area contributed by atoms with Gasteiger partial charge in [0.05, 0.1) is 0 Å². The summed E-state index contributed by atoms with van der Waals surface area (Å²) in [5.41, 5.74) is 0.655. The van der Waals surface area contributed by atoms with Crippen LogP contribution in [0.5, 0.6) is 0 Å². The molecule has 0 aromatic heterocycles. The predicted octanol–water partition coefficient (Wildman–Crippen LogP) is 10.2. The number of fused-ring (bicyclic) bond motifs is 1. The van der Waals surface area contributed by atoms with Crippen molar-refractivity contribution >= 4 is 12.6 Å². The summed E-state index contributed by atoms with van der Waals surface area (Å²) < 4.78 is 0. The molecule has 0 aromatic carbocycles. The maximum Gasteiger partial charge on any atom is -0.0215 e. The van der Waals surface area contributed by atoms with Crippen LogP contribution in [0, 0.1) is 64.6 Å². The number of hydrogen-bond donors (Lipinski definition) is 1. The summed E-state index contributed by atoms with van der Waals surface area (Å²) in [5.74, 6) is 9.60. The molecule has 0 N–H and O–H groups in total. The standard InChI is InChI=1S/C30H56.CH4S/c1-20(2)22(4)11-12-23(5)28-15-16-29-26(10-9-17-30(28,29)8)13-14-27-19-21(3)18-24(6)25(27)7;1-2/h20-29H,9-19H2,1-8H3;2H,1H3. The Morgan fingerprint density at radius 3 is 2.16 bits per heavy atom. The van der Waals surface area contributed by atoms with Crippen LogP contribution >= 0.6 is 12.6 Å². The van der Waals surface area contributed by atoms with Crippen molar-refractivity contribution < 1.29 is 0 Å². The van der Waals surface area contributed by atoms with Gasteiger partial charge in [-0.3, -0.25) is 0 Å². The molecule has 0 amide bonds. The van der Waals surface area contributed by atoms with E-state index in [0.29, 0.717) is 5.41 Å². The Morgan fingerprint density at radius 2 is 1.50 bits per heavy atom. The minimum Gasteiger partial charge on any atom is -0.183 e. The van der Waals surface area contributed by atoms with Crippen molar-refractivity contribution in [3.63, 3.8) is 0 Å². The van der Waals surface area contributed by atoms with Crippen LogP contribution in [0.25, 0.3) is 0 Å². The lowest BCUT2D eigenvalue weighted by atomic mass is 9.57. The first-order chi connectivity index (χ1) is 15.1. The summed E-state index contributed by atoms with van der Waals surface area (Å²) in [6, 6.07) is 0. The van der Waals surface area contributed by atoms with Gasteiger partial charge in [0.15, 0.2) is 0 Å². The van der Waals surface area contributed by atoms with Crippen molar-refractivity contribution in [1.29, 1.82) is 0 Å². The first-order valence-corrected chi connectivity index (χ1v) is 15.5. The van der Waals surface area contributed by atoms with Crippen LogP contribution in [0.2, 0.25) is 0 Å². The van der Waals surface area contributed by atoms with E-state index in [1.54, 1.807) is 19.1 Å². The van der Waals surface area contributed by atoms with E-state index in [4.69, 9.17) is 0 Å². The highest BCUT2D eigenvalue weighted by atomic mass is 32.1. The van der Waals surface area contributed by atoms with Crippen molar-refractivity contribution in [3.05, 3.63) is 0 Å². The largest absolute Gasteiger partial charge is 0.183 e. The zero-order valence-electron chi connectivity index (χ0n) is 23.5. The van der Waals surface area contributed by atoms with Crippen LogP contribution in [-0.2, 0) is 0 Å². The highest BCUT2D eigenvalue weighted by Crippen LogP contribution is 2.61. The van der Waals surface area contributed by atoms with Crippen molar-refractivity contribution in [2.24, 2.45) is 64.6 Å². The fourth-order valence-corrected chi connectivity index (χ4v) is 8.68. The van der Waals surface area contributed by atoms with Crippen molar-refractivity contribution in [2.75, 3.05) is 6.26 Å². The molecule has 0 radical (unpaired) electrons. The van der Waals surface area contributed by atoms with Gasteiger partial charge < -0.3 is 0 Å². The molecule has 3 fully saturated rings. The third kappa shape index (κ3) is 6.73. The summed E-state index contributed by atoms with van der Waals surface area (Å²) in [5, 5.41) is 0. The van der Waals surface area contributed by atoms with E-state index < -0.39 is 0 Å². The van der Waals surface area contributed by atoms with Gasteiger partial charge in [-0.2, -0.15) is 12.6 Å². The highest BCUT2D eigenvalue weighted by Gasteiger charge is 2.52. The molecule has 1 heteroatoms. The molecule has 0 heterocycles. The van der Waals surface area contributed by atoms with Gasteiger partial charge in [-0.25, -0.2) is 0 Å². The SMILES string of the molecule is CC1CC(C)C(C)C(CCC2CCCC3(C)C(C(C)CCC(C)C(C)C)CCC23)C1.CS. The molecular weight excluding hydrogens is 404 g/mol. The summed E-state index contributed by atoms with van der Waals surface area (Å²) >= 11 is 3.53. The van der Waals surface area contributed by atoms with Gasteiger partial charge >= 0.3 is 0 Å². The maximum atomic E-state index is 3.53. The third-order valence-electron chi connectivity index (χ3n) is 11.3. The second kappa shape index (κ2) is 12.9. The van der Waals surface area contributed by atoms with Crippen LogP contribution in [0.4, 0.5) is 0 Å². The Balaban J connectivity index is 0.00000176. The molecular formula is C31H60S. The van der Waals surface area contributed by atoms with Crippen molar-refractivity contribution in [1.82, 2.24) is 0 Å². The zero-order valence-corrected chi connectivity index (χ0v) is 24.4. The van der Waals surface area contributed by atoms with Gasteiger partial charge in [0, 0.05) is 0 Å². The van der Waals surface area contributed by atoms with E-state index in [1.165, 1.54) is 57.8 Å². The fourth-order valence-electron chi connectivity index (χ4n) is 8.68. The molecule has 32 heavy (non-hydrogen) atoms. The molecule has 3 aliphatic carbocycles. The lowest BCUT2D eigenvalue weighted by molar-refractivity contribution is 0.0185. The van der Waals surface area contributed by atoms with Crippen LogP contribution in [0.1, 0.15) is 126 Å². The lowest BCUT2D eigenvalue weighted by Crippen LogP contribution is -2.39. The molecule has 0 aromatic rings. The average Bonchev–Trinajstić information content (AvgIpc) is 3.12. The molecule has 3 rings (SSSR count). The van der Waals surface area contributed by atoms with Gasteiger partial charge in [0.2, 0.25) is 0 Å². The van der Waals surface area contributed by atoms with Crippen LogP contribution in [0.3, 0.4) is 0 Å². The average molecular weight is 465 g/mol. The molecule has 190 valence electrons. The van der Waals surface area contributed by atoms with E-state index in [2.05, 4.69) is 68.0 Å². The van der Waals surface area contributed by atoms with E-state index in [9.17, 15) is 0 Å². The number of hydrogen-bond acceptors (Lipinski definition) is 1.